The lowest BCUT2D eigenvalue weighted by Gasteiger charge is -2.43. The Kier molecular flexibility index (Phi) is 18.2. The highest BCUT2D eigenvalue weighted by molar-refractivity contribution is 7.90. The summed E-state index contributed by atoms with van der Waals surface area (Å²) in [6.07, 6.45) is -9.88. The van der Waals surface area contributed by atoms with E-state index in [4.69, 9.17) is 42.6 Å². The van der Waals surface area contributed by atoms with Crippen molar-refractivity contribution in [3.8, 4) is 22.6 Å². The summed E-state index contributed by atoms with van der Waals surface area (Å²) in [6, 6.07) is 24.7. The van der Waals surface area contributed by atoms with E-state index in [1.54, 1.807) is 0 Å². The number of methoxy groups -OCH3 is 1. The lowest BCUT2D eigenvalue weighted by atomic mass is 9.97. The Morgan fingerprint density at radius 1 is 0.743 bits per heavy atom. The van der Waals surface area contributed by atoms with Gasteiger partial charge in [-0.15, -0.1) is 0 Å². The van der Waals surface area contributed by atoms with Gasteiger partial charge in [0.15, 0.2) is 25.0 Å². The van der Waals surface area contributed by atoms with E-state index in [0.29, 0.717) is 0 Å². The number of amides is 3. The zero-order chi connectivity index (χ0) is 53.9. The number of hydrogen-bond donors (Lipinski definition) is 2. The first-order chi connectivity index (χ1) is 35.1. The van der Waals surface area contributed by atoms with Gasteiger partial charge >= 0.3 is 42.0 Å². The number of nitrogens with zero attached hydrogens (tertiary/aromatic N) is 2. The fourth-order valence-corrected chi connectivity index (χ4v) is 8.49. The normalized spacial score (nSPS) is 17.7. The Balaban J connectivity index is 1.26. The molecule has 5 atom stereocenters. The smallest absolute Gasteiger partial charge is 0.412 e. The Labute approximate surface area is 424 Å². The molecule has 0 aromatic heterocycles. The van der Waals surface area contributed by atoms with Gasteiger partial charge < -0.3 is 58.0 Å². The summed E-state index contributed by atoms with van der Waals surface area (Å²) in [6.45, 7) is 0.880. The monoisotopic (exact) mass is 1050 g/mol. The molecular weight excluding hydrogens is 995 g/mol. The van der Waals surface area contributed by atoms with Gasteiger partial charge in [-0.3, -0.25) is 24.1 Å². The van der Waals surface area contributed by atoms with Gasteiger partial charge in [0.05, 0.1) is 24.1 Å². The number of carbonyl (C=O) groups excluding carboxylic acids is 7. The van der Waals surface area contributed by atoms with Gasteiger partial charge in [0.1, 0.15) is 41.1 Å². The maximum Gasteiger partial charge on any atom is 0.412 e. The van der Waals surface area contributed by atoms with Crippen molar-refractivity contribution in [1.29, 1.82) is 0 Å². The number of benzene rings is 4. The second-order valence-corrected chi connectivity index (χ2v) is 19.1. The summed E-state index contributed by atoms with van der Waals surface area (Å²) in [5, 5.41) is 12.0. The van der Waals surface area contributed by atoms with Gasteiger partial charge in [-0.2, -0.15) is 0 Å². The van der Waals surface area contributed by atoms with Gasteiger partial charge in [-0.1, -0.05) is 60.7 Å². The van der Waals surface area contributed by atoms with E-state index >= 15 is 0 Å². The maximum absolute atomic E-state index is 13.9. The van der Waals surface area contributed by atoms with Crippen molar-refractivity contribution in [3.63, 3.8) is 0 Å². The fraction of sp³-hybridized carbons (Fsp3) is 0.360. The molecule has 1 saturated heterocycles. The number of carbonyl (C=O) groups is 8. The van der Waals surface area contributed by atoms with Crippen LogP contribution in [0.5, 0.6) is 11.5 Å². The zero-order valence-corrected chi connectivity index (χ0v) is 41.7. The van der Waals surface area contributed by atoms with Gasteiger partial charge in [0, 0.05) is 46.5 Å². The molecular formula is C50H53N3O20S. The lowest BCUT2D eigenvalue weighted by molar-refractivity contribution is -0.282. The largest absolute Gasteiger partial charge is 0.478 e. The second-order valence-electron chi connectivity index (χ2n) is 16.9. The lowest BCUT2D eigenvalue weighted by Crippen LogP contribution is -2.64. The van der Waals surface area contributed by atoms with Crippen LogP contribution in [0.15, 0.2) is 91.0 Å². The van der Waals surface area contributed by atoms with Crippen molar-refractivity contribution < 1.29 is 94.5 Å². The summed E-state index contributed by atoms with van der Waals surface area (Å²) in [5.74, 6) is -6.99. The van der Waals surface area contributed by atoms with Crippen LogP contribution in [0, 0.1) is 0 Å². The van der Waals surface area contributed by atoms with Crippen molar-refractivity contribution >= 4 is 63.5 Å². The second kappa shape index (κ2) is 24.4. The molecule has 6 rings (SSSR count). The summed E-state index contributed by atoms with van der Waals surface area (Å²) in [5.41, 5.74) is 3.83. The number of nitrogens with one attached hydrogen (secondary N) is 1. The highest BCUT2D eigenvalue weighted by atomic mass is 32.2. The minimum absolute atomic E-state index is 0.0442. The first-order valence-electron chi connectivity index (χ1n) is 22.6. The van der Waals surface area contributed by atoms with Gasteiger partial charge in [-0.05, 0) is 58.1 Å². The molecule has 0 unspecified atom stereocenters. The summed E-state index contributed by atoms with van der Waals surface area (Å²) in [4.78, 5) is 105. The van der Waals surface area contributed by atoms with E-state index in [1.165, 1.54) is 49.5 Å². The number of carboxylic acids is 1. The molecule has 74 heavy (non-hydrogen) atoms. The van der Waals surface area contributed by atoms with Crippen LogP contribution in [0.4, 0.5) is 15.3 Å². The molecule has 1 aliphatic carbocycles. The molecule has 0 saturated carbocycles. The third kappa shape index (κ3) is 14.5. The zero-order valence-electron chi connectivity index (χ0n) is 40.9. The predicted molar refractivity (Wildman–Crippen MR) is 256 cm³/mol. The molecule has 1 heterocycles. The number of anilines is 1. The van der Waals surface area contributed by atoms with E-state index in [-0.39, 0.29) is 40.8 Å². The highest BCUT2D eigenvalue weighted by Crippen LogP contribution is 2.44. The van der Waals surface area contributed by atoms with Crippen LogP contribution in [0.25, 0.3) is 11.1 Å². The average Bonchev–Trinajstić information content (AvgIpc) is 3.66. The van der Waals surface area contributed by atoms with Crippen molar-refractivity contribution in [2.75, 3.05) is 57.9 Å². The summed E-state index contributed by atoms with van der Waals surface area (Å²) in [7, 11) is -1.29. The van der Waals surface area contributed by atoms with E-state index in [1.807, 2.05) is 48.5 Å². The Bertz CT molecular complexity index is 2850. The number of ether oxygens (including phenoxy) is 9. The SMILES string of the molecule is COC(=O)[C@H]1O[C@@H](Oc2ccc(COC(=O)N(CCS(C)(=O)=O)COc3cccc(C(=O)O)c3)cc2NC(=O)CN(C)C(=O)OCC2c3ccccc3-c3ccccc32)[C@H](OC(C)=O)[C@@H](OC(C)=O)[C@@H]1OC(C)=O. The van der Waals surface area contributed by atoms with Crippen LogP contribution in [0.3, 0.4) is 0 Å². The third-order valence-electron chi connectivity index (χ3n) is 11.2. The summed E-state index contributed by atoms with van der Waals surface area (Å²) >= 11 is 0. The number of rotatable bonds is 20. The maximum atomic E-state index is 13.9. The third-order valence-corrected chi connectivity index (χ3v) is 12.2. The predicted octanol–water partition coefficient (Wildman–Crippen LogP) is 4.30. The molecule has 4 aromatic carbocycles. The molecule has 24 heteroatoms. The molecule has 0 spiro atoms. The molecule has 23 nitrogen and oxygen atoms in total. The van der Waals surface area contributed by atoms with E-state index < -0.39 is 121 Å². The molecule has 0 bridgehead atoms. The van der Waals surface area contributed by atoms with Crippen LogP contribution >= 0.6 is 0 Å². The van der Waals surface area contributed by atoms with Crippen LogP contribution in [0.1, 0.15) is 53.7 Å². The van der Waals surface area contributed by atoms with E-state index in [0.717, 1.165) is 66.2 Å². The number of carboxylic acid groups (broad SMARTS) is 1. The number of hydrogen-bond acceptors (Lipinski definition) is 19. The van der Waals surface area contributed by atoms with E-state index in [9.17, 15) is 51.9 Å². The molecule has 2 aliphatic rings. The Morgan fingerprint density at radius 3 is 1.97 bits per heavy atom. The fourth-order valence-electron chi connectivity index (χ4n) is 7.93. The molecule has 1 fully saturated rings. The van der Waals surface area contributed by atoms with Gasteiger partial charge in [-0.25, -0.2) is 27.6 Å². The molecule has 0 radical (unpaired) electrons. The molecule has 1 aliphatic heterocycles. The number of aromatic carboxylic acids is 1. The molecule has 2 N–H and O–H groups in total. The number of esters is 4. The number of sulfone groups is 1. The number of likely N-dealkylation sites (N-methyl/N-ethyl adjacent to an activating group) is 1. The molecule has 3 amide bonds. The van der Waals surface area contributed by atoms with Crippen molar-refractivity contribution in [2.24, 2.45) is 0 Å². The average molecular weight is 1050 g/mol. The van der Waals surface area contributed by atoms with Crippen LogP contribution in [-0.4, -0.2) is 155 Å². The van der Waals surface area contributed by atoms with Crippen molar-refractivity contribution in [1.82, 2.24) is 9.80 Å². The minimum Gasteiger partial charge on any atom is -0.478 e. The topological polar surface area (TPSA) is 293 Å². The summed E-state index contributed by atoms with van der Waals surface area (Å²) < 4.78 is 74.4. The van der Waals surface area contributed by atoms with E-state index in [2.05, 4.69) is 5.32 Å². The molecule has 394 valence electrons. The van der Waals surface area contributed by atoms with Crippen molar-refractivity contribution in [3.05, 3.63) is 113 Å². The van der Waals surface area contributed by atoms with Crippen LogP contribution in [0.2, 0.25) is 0 Å². The first-order valence-corrected chi connectivity index (χ1v) is 24.6. The van der Waals surface area contributed by atoms with Crippen LogP contribution < -0.4 is 14.8 Å². The van der Waals surface area contributed by atoms with Gasteiger partial charge in [0.2, 0.25) is 18.3 Å². The minimum atomic E-state index is -3.62. The standard InChI is InChI=1S/C50H53N3O20S/c1-28(54)69-42-43(70-29(2)55)45(71-30(3)56)48(73-44(42)47(60)65-5)72-40-19-18-31(25-66-50(62)53(20-21-74(6,63)64)27-68-33-13-11-12-32(23-33)46(58)59)22-39(40)51-41(57)24-52(4)49(61)67-26-38-36-16-9-7-14-34(36)35-15-8-10-17-37(35)38/h7-19,22-23,38,42-45,48H,20-21,24-27H2,1-6H3,(H,51,57)(H,58,59)/t42-,43-,44-,45+,48+/m0/s1. The number of fused-ring (bicyclic) bond motifs is 3. The van der Waals surface area contributed by atoms with Crippen LogP contribution in [-0.2, 0) is 73.6 Å². The Hall–Kier alpha value is -8.25. The quantitative estimate of drug-likeness (QED) is 0.0708. The Morgan fingerprint density at radius 2 is 1.36 bits per heavy atom. The first kappa shape index (κ1) is 55.1. The highest BCUT2D eigenvalue weighted by Gasteiger charge is 2.56. The van der Waals surface area contributed by atoms with Crippen molar-refractivity contribution in [2.45, 2.75) is 64.0 Å². The molecule has 4 aromatic rings. The van der Waals surface area contributed by atoms with Gasteiger partial charge in [0.25, 0.3) is 0 Å².